The Balaban J connectivity index is 2.60. The van der Waals surface area contributed by atoms with Crippen LogP contribution in [0.1, 0.15) is 0 Å². The molecule has 0 spiro atoms. The number of hydrogen-bond donors (Lipinski definition) is 2. The van der Waals surface area contributed by atoms with Crippen LogP contribution in [0.25, 0.3) is 0 Å². The fraction of sp³-hybridized carbons (Fsp3) is 1.00. The molecule has 56 valence electrons. The molecule has 4 heteroatoms. The van der Waals surface area contributed by atoms with Crippen molar-refractivity contribution >= 4 is 21.6 Å². The summed E-state index contributed by atoms with van der Waals surface area (Å²) >= 11 is 0. The van der Waals surface area contributed by atoms with E-state index in [1.807, 2.05) is 10.8 Å². The highest BCUT2D eigenvalue weighted by atomic mass is 33.1. The van der Waals surface area contributed by atoms with Gasteiger partial charge in [0.2, 0.25) is 0 Å². The molecule has 0 aliphatic carbocycles. The number of nitrogens with two attached hydrogens (primary N) is 1. The van der Waals surface area contributed by atoms with Crippen molar-refractivity contribution in [3.63, 3.8) is 0 Å². The van der Waals surface area contributed by atoms with Crippen molar-refractivity contribution in [2.75, 3.05) is 31.6 Å². The van der Waals surface area contributed by atoms with E-state index in [-0.39, 0.29) is 0 Å². The predicted octanol–water partition coefficient (Wildman–Crippen LogP) is 0.546. The average Bonchev–Trinajstić information content (AvgIpc) is 1.89. The maximum absolute atomic E-state index is 5.27. The summed E-state index contributed by atoms with van der Waals surface area (Å²) in [4.78, 5) is 0. The maximum Gasteiger partial charge on any atom is 0.0162 e. The Kier molecular flexibility index (Phi) is 9.21. The van der Waals surface area contributed by atoms with E-state index in [1.165, 1.54) is 5.75 Å². The Morgan fingerprint density at radius 1 is 1.44 bits per heavy atom. The van der Waals surface area contributed by atoms with Crippen LogP contribution in [-0.2, 0) is 0 Å². The summed E-state index contributed by atoms with van der Waals surface area (Å²) in [5, 5.41) is 3.21. The molecule has 0 heterocycles. The lowest BCUT2D eigenvalue weighted by Gasteiger charge is -1.99. The molecular weight excluding hydrogens is 152 g/mol. The summed E-state index contributed by atoms with van der Waals surface area (Å²) in [6, 6.07) is 0. The Bertz CT molecular complexity index is 46.2. The van der Waals surface area contributed by atoms with E-state index in [1.54, 1.807) is 10.8 Å². The normalized spacial score (nSPS) is 10.0. The van der Waals surface area contributed by atoms with E-state index in [2.05, 4.69) is 11.6 Å². The summed E-state index contributed by atoms with van der Waals surface area (Å²) in [6.45, 7) is 2.75. The summed E-state index contributed by atoms with van der Waals surface area (Å²) in [6.07, 6.45) is 2.09. The first-order valence-corrected chi connectivity index (χ1v) is 5.71. The molecule has 0 radical (unpaired) electrons. The highest BCUT2D eigenvalue weighted by Crippen LogP contribution is 2.14. The van der Waals surface area contributed by atoms with Crippen molar-refractivity contribution in [3.8, 4) is 0 Å². The molecule has 2 nitrogen and oxygen atoms in total. The molecule has 0 aromatic rings. The zero-order chi connectivity index (χ0) is 6.95. The first kappa shape index (κ1) is 9.62. The topological polar surface area (TPSA) is 38.0 Å². The van der Waals surface area contributed by atoms with Crippen LogP contribution in [0.5, 0.6) is 0 Å². The van der Waals surface area contributed by atoms with Crippen molar-refractivity contribution < 1.29 is 0 Å². The molecule has 9 heavy (non-hydrogen) atoms. The van der Waals surface area contributed by atoms with Gasteiger partial charge < -0.3 is 11.1 Å². The van der Waals surface area contributed by atoms with Crippen LogP contribution in [0.4, 0.5) is 0 Å². The Morgan fingerprint density at radius 3 is 2.78 bits per heavy atom. The van der Waals surface area contributed by atoms with Crippen molar-refractivity contribution in [1.82, 2.24) is 5.32 Å². The van der Waals surface area contributed by atoms with Gasteiger partial charge in [-0.2, -0.15) is 0 Å². The van der Waals surface area contributed by atoms with E-state index in [4.69, 9.17) is 5.73 Å². The van der Waals surface area contributed by atoms with Crippen LogP contribution in [0.2, 0.25) is 0 Å². The molecule has 0 amide bonds. The van der Waals surface area contributed by atoms with Gasteiger partial charge in [-0.1, -0.05) is 21.6 Å². The van der Waals surface area contributed by atoms with Gasteiger partial charge in [-0.05, 0) is 6.26 Å². The number of hydrogen-bond acceptors (Lipinski definition) is 4. The van der Waals surface area contributed by atoms with E-state index in [0.29, 0.717) is 0 Å². The van der Waals surface area contributed by atoms with Gasteiger partial charge in [-0.15, -0.1) is 0 Å². The van der Waals surface area contributed by atoms with E-state index >= 15 is 0 Å². The highest BCUT2D eigenvalue weighted by Gasteiger charge is 1.84. The molecule has 3 N–H and O–H groups in total. The molecule has 0 saturated carbocycles. The lowest BCUT2D eigenvalue weighted by atomic mass is 10.6. The third-order valence-corrected chi connectivity index (χ3v) is 2.61. The van der Waals surface area contributed by atoms with E-state index < -0.39 is 0 Å². The fourth-order valence-electron chi connectivity index (χ4n) is 0.424. The average molecular weight is 166 g/mol. The zero-order valence-corrected chi connectivity index (χ0v) is 7.36. The summed E-state index contributed by atoms with van der Waals surface area (Å²) in [5.41, 5.74) is 5.27. The van der Waals surface area contributed by atoms with Crippen LogP contribution < -0.4 is 11.1 Å². The van der Waals surface area contributed by atoms with Crippen LogP contribution in [0, 0.1) is 0 Å². The Hall–Kier alpha value is 0.620. The van der Waals surface area contributed by atoms with Crippen molar-refractivity contribution in [2.45, 2.75) is 0 Å². The van der Waals surface area contributed by atoms with Gasteiger partial charge in [0.15, 0.2) is 0 Å². The molecule has 0 aliphatic rings. The quantitative estimate of drug-likeness (QED) is 0.446. The van der Waals surface area contributed by atoms with Crippen LogP contribution in [0.15, 0.2) is 0 Å². The van der Waals surface area contributed by atoms with Gasteiger partial charge in [-0.25, -0.2) is 0 Å². The summed E-state index contributed by atoms with van der Waals surface area (Å²) in [7, 11) is 3.68. The van der Waals surface area contributed by atoms with Gasteiger partial charge in [-0.3, -0.25) is 0 Å². The summed E-state index contributed by atoms with van der Waals surface area (Å²) in [5.74, 6) is 1.17. The lowest BCUT2D eigenvalue weighted by molar-refractivity contribution is 0.730. The molecule has 0 aromatic carbocycles. The fourth-order valence-corrected chi connectivity index (χ4v) is 1.57. The lowest BCUT2D eigenvalue weighted by Crippen LogP contribution is -2.24. The van der Waals surface area contributed by atoms with Crippen molar-refractivity contribution in [3.05, 3.63) is 0 Å². The molecule has 0 aromatic heterocycles. The van der Waals surface area contributed by atoms with Gasteiger partial charge >= 0.3 is 0 Å². The Labute approximate surface area is 64.7 Å². The van der Waals surface area contributed by atoms with Crippen molar-refractivity contribution in [2.24, 2.45) is 5.73 Å². The van der Waals surface area contributed by atoms with Gasteiger partial charge in [0.25, 0.3) is 0 Å². The number of rotatable bonds is 6. The molecule has 0 bridgehead atoms. The third kappa shape index (κ3) is 8.62. The highest BCUT2D eigenvalue weighted by molar-refractivity contribution is 8.76. The van der Waals surface area contributed by atoms with Gasteiger partial charge in [0.1, 0.15) is 0 Å². The molecule has 0 unspecified atom stereocenters. The van der Waals surface area contributed by atoms with E-state index in [9.17, 15) is 0 Å². The monoisotopic (exact) mass is 166 g/mol. The predicted molar refractivity (Wildman–Crippen MR) is 47.9 cm³/mol. The van der Waals surface area contributed by atoms with E-state index in [0.717, 1.165) is 19.6 Å². The summed E-state index contributed by atoms with van der Waals surface area (Å²) < 4.78 is 0. The van der Waals surface area contributed by atoms with Crippen LogP contribution >= 0.6 is 21.6 Å². The standard InChI is InChI=1S/C5H14N2S2/c1-8-9-5-4-7-3-2-6/h7H,2-6H2,1H3. The van der Waals surface area contributed by atoms with Crippen molar-refractivity contribution in [1.29, 1.82) is 0 Å². The zero-order valence-electron chi connectivity index (χ0n) is 5.72. The minimum atomic E-state index is 0.740. The smallest absolute Gasteiger partial charge is 0.0162 e. The molecule has 0 rings (SSSR count). The van der Waals surface area contributed by atoms with Gasteiger partial charge in [0, 0.05) is 25.4 Å². The third-order valence-electron chi connectivity index (χ3n) is 0.801. The second kappa shape index (κ2) is 8.62. The molecule has 0 atom stereocenters. The minimum Gasteiger partial charge on any atom is -0.329 e. The SMILES string of the molecule is CSSCCNCCN. The molecule has 0 fully saturated rings. The second-order valence-corrected chi connectivity index (χ2v) is 4.21. The minimum absolute atomic E-state index is 0.740. The first-order valence-electron chi connectivity index (χ1n) is 2.98. The first-order chi connectivity index (χ1) is 4.41. The molecule has 0 aliphatic heterocycles. The second-order valence-electron chi connectivity index (χ2n) is 1.53. The van der Waals surface area contributed by atoms with Crippen LogP contribution in [0.3, 0.4) is 0 Å². The molecule has 0 saturated heterocycles. The Morgan fingerprint density at radius 2 is 2.22 bits per heavy atom. The van der Waals surface area contributed by atoms with Gasteiger partial charge in [0.05, 0.1) is 0 Å². The van der Waals surface area contributed by atoms with Crippen LogP contribution in [-0.4, -0.2) is 31.6 Å². The molecular formula is C5H14N2S2. The largest absolute Gasteiger partial charge is 0.329 e. The number of nitrogens with one attached hydrogen (secondary N) is 1. The maximum atomic E-state index is 5.27.